The summed E-state index contributed by atoms with van der Waals surface area (Å²) in [4.78, 5) is 33.9. The molecular weight excluding hydrogens is 452 g/mol. The predicted octanol–water partition coefficient (Wildman–Crippen LogP) is 4.52. The zero-order chi connectivity index (χ0) is 23.9. The van der Waals surface area contributed by atoms with Crippen molar-refractivity contribution in [3.8, 4) is 11.6 Å². The molecule has 2 aromatic carbocycles. The van der Waals surface area contributed by atoms with Gasteiger partial charge in [-0.15, -0.1) is 0 Å². The lowest BCUT2D eigenvalue weighted by molar-refractivity contribution is -0.119. The molecular formula is C26H27ClN4O3. The van der Waals surface area contributed by atoms with E-state index in [9.17, 15) is 9.59 Å². The fourth-order valence-electron chi connectivity index (χ4n) is 3.86. The molecule has 3 aromatic rings. The van der Waals surface area contributed by atoms with Gasteiger partial charge in [0.25, 0.3) is 5.91 Å². The van der Waals surface area contributed by atoms with Crippen molar-refractivity contribution in [2.45, 2.75) is 19.9 Å². The highest BCUT2D eigenvalue weighted by atomic mass is 35.5. The van der Waals surface area contributed by atoms with Crippen molar-refractivity contribution in [1.29, 1.82) is 0 Å². The largest absolute Gasteiger partial charge is 0.436 e. The molecule has 0 radical (unpaired) electrons. The second-order valence-corrected chi connectivity index (χ2v) is 8.46. The van der Waals surface area contributed by atoms with Crippen LogP contribution in [0.25, 0.3) is 0 Å². The van der Waals surface area contributed by atoms with Crippen LogP contribution in [0, 0.1) is 0 Å². The highest BCUT2D eigenvalue weighted by Gasteiger charge is 2.30. The van der Waals surface area contributed by atoms with Crippen molar-refractivity contribution in [1.82, 2.24) is 15.2 Å². The Balaban J connectivity index is 1.37. The first kappa shape index (κ1) is 23.7. The van der Waals surface area contributed by atoms with Crippen molar-refractivity contribution in [3.05, 3.63) is 83.0 Å². The summed E-state index contributed by atoms with van der Waals surface area (Å²) in [5.74, 6) is 0.0107. The van der Waals surface area contributed by atoms with E-state index in [0.29, 0.717) is 28.6 Å². The smallest absolute Gasteiger partial charge is 0.264 e. The topological polar surface area (TPSA) is 74.8 Å². The molecule has 0 unspecified atom stereocenters. The van der Waals surface area contributed by atoms with Crippen LogP contribution in [-0.2, 0) is 11.3 Å². The van der Waals surface area contributed by atoms with Crippen LogP contribution >= 0.6 is 11.6 Å². The number of nitrogens with zero attached hydrogens (tertiary/aromatic N) is 3. The number of amides is 2. The number of carbonyl (C=O) groups excluding carboxylic acids is 2. The number of rotatable bonds is 9. The van der Waals surface area contributed by atoms with Crippen molar-refractivity contribution in [3.63, 3.8) is 0 Å². The molecule has 4 rings (SSSR count). The molecule has 0 spiro atoms. The summed E-state index contributed by atoms with van der Waals surface area (Å²) in [7, 11) is 0. The van der Waals surface area contributed by atoms with E-state index in [1.165, 1.54) is 10.5 Å². The summed E-state index contributed by atoms with van der Waals surface area (Å²) in [6.07, 6.45) is 2.36. The fourth-order valence-corrected chi connectivity index (χ4v) is 4.03. The Labute approximate surface area is 204 Å². The van der Waals surface area contributed by atoms with Crippen LogP contribution in [0.1, 0.15) is 29.3 Å². The zero-order valence-electron chi connectivity index (χ0n) is 19.0. The number of ether oxygens (including phenoxy) is 1. The standard InChI is InChI=1S/C26H27ClN4O3/c1-2-30(17-19-8-4-3-5-9-19)15-7-14-28-24(32)18-31-22-16-20(27)11-12-23(22)34-25-21(26(31)33)10-6-13-29-25/h3-6,8-13,16H,2,7,14-15,17-18H2,1H3,(H,28,32). The van der Waals surface area contributed by atoms with Crippen LogP contribution in [-0.4, -0.2) is 47.9 Å². The van der Waals surface area contributed by atoms with E-state index < -0.39 is 0 Å². The first-order valence-corrected chi connectivity index (χ1v) is 11.7. The third-order valence-corrected chi connectivity index (χ3v) is 5.87. The van der Waals surface area contributed by atoms with Crippen molar-refractivity contribution >= 4 is 29.1 Å². The maximum atomic E-state index is 13.3. The van der Waals surface area contributed by atoms with Gasteiger partial charge in [0.1, 0.15) is 12.1 Å². The van der Waals surface area contributed by atoms with Crippen LogP contribution < -0.4 is 15.0 Å². The molecule has 0 atom stereocenters. The number of anilines is 1. The molecule has 0 bridgehead atoms. The Bertz CT molecular complexity index is 1160. The maximum Gasteiger partial charge on any atom is 0.264 e. The van der Waals surface area contributed by atoms with Gasteiger partial charge in [-0.1, -0.05) is 48.9 Å². The van der Waals surface area contributed by atoms with E-state index in [-0.39, 0.29) is 24.2 Å². The van der Waals surface area contributed by atoms with Gasteiger partial charge in [-0.05, 0) is 48.9 Å². The van der Waals surface area contributed by atoms with Crippen LogP contribution in [0.15, 0.2) is 66.9 Å². The summed E-state index contributed by atoms with van der Waals surface area (Å²) in [5, 5.41) is 3.38. The van der Waals surface area contributed by atoms with Gasteiger partial charge in [-0.25, -0.2) is 4.98 Å². The van der Waals surface area contributed by atoms with Crippen LogP contribution in [0.5, 0.6) is 11.6 Å². The van der Waals surface area contributed by atoms with Gasteiger partial charge in [0.15, 0.2) is 5.75 Å². The quantitative estimate of drug-likeness (QED) is 0.458. The molecule has 34 heavy (non-hydrogen) atoms. The number of nitrogens with one attached hydrogen (secondary N) is 1. The van der Waals surface area contributed by atoms with E-state index in [2.05, 4.69) is 34.3 Å². The second kappa shape index (κ2) is 11.1. The number of halogens is 1. The number of hydrogen-bond acceptors (Lipinski definition) is 5. The first-order valence-electron chi connectivity index (χ1n) is 11.3. The molecule has 0 fully saturated rings. The number of hydrogen-bond donors (Lipinski definition) is 1. The van der Waals surface area contributed by atoms with Gasteiger partial charge in [-0.3, -0.25) is 19.4 Å². The molecule has 8 heteroatoms. The van der Waals surface area contributed by atoms with E-state index in [0.717, 1.165) is 26.1 Å². The highest BCUT2D eigenvalue weighted by molar-refractivity contribution is 6.31. The van der Waals surface area contributed by atoms with Crippen molar-refractivity contribution in [2.24, 2.45) is 0 Å². The SMILES string of the molecule is CCN(CCCNC(=O)CN1C(=O)c2cccnc2Oc2ccc(Cl)cc21)Cc1ccccc1. The number of pyridine rings is 1. The molecule has 1 aliphatic heterocycles. The van der Waals surface area contributed by atoms with E-state index in [4.69, 9.17) is 16.3 Å². The minimum absolute atomic E-state index is 0.147. The molecule has 176 valence electrons. The van der Waals surface area contributed by atoms with Crippen molar-refractivity contribution < 1.29 is 14.3 Å². The highest BCUT2D eigenvalue weighted by Crippen LogP contribution is 2.39. The Morgan fingerprint density at radius 1 is 1.15 bits per heavy atom. The van der Waals surface area contributed by atoms with E-state index in [1.807, 2.05) is 18.2 Å². The normalized spacial score (nSPS) is 12.6. The lowest BCUT2D eigenvalue weighted by Gasteiger charge is -2.22. The molecule has 1 aliphatic rings. The van der Waals surface area contributed by atoms with Gasteiger partial charge >= 0.3 is 0 Å². The Morgan fingerprint density at radius 3 is 2.76 bits per heavy atom. The number of carbonyl (C=O) groups is 2. The molecule has 1 aromatic heterocycles. The number of aromatic nitrogens is 1. The summed E-state index contributed by atoms with van der Waals surface area (Å²) in [5.41, 5.74) is 2.00. The molecule has 2 heterocycles. The van der Waals surface area contributed by atoms with Crippen LogP contribution in [0.4, 0.5) is 5.69 Å². The maximum absolute atomic E-state index is 13.3. The lowest BCUT2D eigenvalue weighted by atomic mass is 10.2. The van der Waals surface area contributed by atoms with E-state index in [1.54, 1.807) is 36.5 Å². The molecule has 0 saturated heterocycles. The van der Waals surface area contributed by atoms with Gasteiger partial charge < -0.3 is 10.1 Å². The average Bonchev–Trinajstić information content (AvgIpc) is 2.96. The molecule has 1 N–H and O–H groups in total. The van der Waals surface area contributed by atoms with Gasteiger partial charge in [0.2, 0.25) is 11.8 Å². The third-order valence-electron chi connectivity index (χ3n) is 5.64. The minimum Gasteiger partial charge on any atom is -0.436 e. The Morgan fingerprint density at radius 2 is 1.97 bits per heavy atom. The Kier molecular flexibility index (Phi) is 7.77. The summed E-state index contributed by atoms with van der Waals surface area (Å²) in [6.45, 7) is 5.16. The summed E-state index contributed by atoms with van der Waals surface area (Å²) in [6, 6.07) is 18.6. The minimum atomic E-state index is -0.362. The lowest BCUT2D eigenvalue weighted by Crippen LogP contribution is -2.41. The van der Waals surface area contributed by atoms with Gasteiger partial charge in [0.05, 0.1) is 5.69 Å². The molecule has 2 amide bonds. The molecule has 0 saturated carbocycles. The Hall–Kier alpha value is -3.42. The average molecular weight is 479 g/mol. The van der Waals surface area contributed by atoms with Gasteiger partial charge in [0, 0.05) is 30.9 Å². The van der Waals surface area contributed by atoms with Crippen LogP contribution in [0.3, 0.4) is 0 Å². The van der Waals surface area contributed by atoms with E-state index >= 15 is 0 Å². The number of benzene rings is 2. The third kappa shape index (κ3) is 5.73. The summed E-state index contributed by atoms with van der Waals surface area (Å²) < 4.78 is 5.86. The van der Waals surface area contributed by atoms with Crippen molar-refractivity contribution in [2.75, 3.05) is 31.1 Å². The first-order chi connectivity index (χ1) is 16.5. The molecule has 0 aliphatic carbocycles. The molecule has 7 nitrogen and oxygen atoms in total. The number of fused-ring (bicyclic) bond motifs is 2. The monoisotopic (exact) mass is 478 g/mol. The fraction of sp³-hybridized carbons (Fsp3) is 0.269. The predicted molar refractivity (Wildman–Crippen MR) is 132 cm³/mol. The van der Waals surface area contributed by atoms with Crippen LogP contribution in [0.2, 0.25) is 5.02 Å². The van der Waals surface area contributed by atoms with Gasteiger partial charge in [-0.2, -0.15) is 0 Å². The zero-order valence-corrected chi connectivity index (χ0v) is 19.8. The summed E-state index contributed by atoms with van der Waals surface area (Å²) >= 11 is 6.18. The second-order valence-electron chi connectivity index (χ2n) is 8.02.